The first-order valence-electron chi connectivity index (χ1n) is 5.87. The number of hydrogen-bond donors (Lipinski definition) is 3. The first-order chi connectivity index (χ1) is 9.10. The van der Waals surface area contributed by atoms with Crippen LogP contribution in [0.3, 0.4) is 0 Å². The Morgan fingerprint density at radius 1 is 1.47 bits per heavy atom. The topological polar surface area (TPSA) is 80.0 Å². The number of nitrogens with one attached hydrogen (secondary N) is 2. The highest BCUT2D eigenvalue weighted by Gasteiger charge is 2.07. The number of thiazole rings is 1. The van der Waals surface area contributed by atoms with Crippen LogP contribution in [0, 0.1) is 6.92 Å². The summed E-state index contributed by atoms with van der Waals surface area (Å²) in [7, 11) is 1.60. The molecule has 2 aromatic rings. The lowest BCUT2D eigenvalue weighted by Gasteiger charge is -2.10. The average Bonchev–Trinajstić information content (AvgIpc) is 2.82. The van der Waals surface area contributed by atoms with Crippen LogP contribution in [0.25, 0.3) is 0 Å². The van der Waals surface area contributed by atoms with Gasteiger partial charge < -0.3 is 16.4 Å². The zero-order valence-corrected chi connectivity index (χ0v) is 11.7. The molecule has 0 saturated heterocycles. The summed E-state index contributed by atoms with van der Waals surface area (Å²) in [6.45, 7) is 2.61. The van der Waals surface area contributed by atoms with Crippen LogP contribution in [-0.2, 0) is 6.54 Å². The van der Waals surface area contributed by atoms with Gasteiger partial charge in [0.2, 0.25) is 0 Å². The van der Waals surface area contributed by atoms with Crippen LogP contribution in [-0.4, -0.2) is 17.9 Å². The predicted octanol–water partition coefficient (Wildman–Crippen LogP) is 2.01. The van der Waals surface area contributed by atoms with Crippen LogP contribution in [0.1, 0.15) is 20.2 Å². The highest BCUT2D eigenvalue weighted by Crippen LogP contribution is 2.22. The van der Waals surface area contributed by atoms with Crippen LogP contribution < -0.4 is 16.4 Å². The minimum atomic E-state index is -0.128. The summed E-state index contributed by atoms with van der Waals surface area (Å²) in [6.07, 6.45) is 1.84. The van der Waals surface area contributed by atoms with Gasteiger partial charge in [0.1, 0.15) is 0 Å². The predicted molar refractivity (Wildman–Crippen MR) is 78.4 cm³/mol. The molecule has 100 valence electrons. The molecule has 0 aliphatic heterocycles. The lowest BCUT2D eigenvalue weighted by Crippen LogP contribution is -2.18. The molecule has 0 saturated carbocycles. The summed E-state index contributed by atoms with van der Waals surface area (Å²) in [4.78, 5) is 16.9. The van der Waals surface area contributed by atoms with Gasteiger partial charge in [0.25, 0.3) is 5.91 Å². The Labute approximate surface area is 115 Å². The minimum absolute atomic E-state index is 0.128. The second kappa shape index (κ2) is 5.71. The molecule has 4 N–H and O–H groups in total. The lowest BCUT2D eigenvalue weighted by molar-refractivity contribution is 0.0963. The summed E-state index contributed by atoms with van der Waals surface area (Å²) >= 11 is 1.63. The smallest absolute Gasteiger partial charge is 0.251 e. The number of carbonyl (C=O) groups is 1. The molecule has 0 radical (unpaired) electrons. The van der Waals surface area contributed by atoms with Gasteiger partial charge in [-0.05, 0) is 25.1 Å². The van der Waals surface area contributed by atoms with Crippen molar-refractivity contribution in [2.24, 2.45) is 0 Å². The van der Waals surface area contributed by atoms with Crippen LogP contribution in [0.2, 0.25) is 0 Å². The van der Waals surface area contributed by atoms with Crippen molar-refractivity contribution in [3.63, 3.8) is 0 Å². The van der Waals surface area contributed by atoms with E-state index < -0.39 is 0 Å². The van der Waals surface area contributed by atoms with Gasteiger partial charge in [0, 0.05) is 23.7 Å². The first-order valence-corrected chi connectivity index (χ1v) is 6.68. The van der Waals surface area contributed by atoms with Crippen molar-refractivity contribution in [2.75, 3.05) is 18.1 Å². The van der Waals surface area contributed by atoms with Crippen molar-refractivity contribution in [3.05, 3.63) is 39.8 Å². The Kier molecular flexibility index (Phi) is 4.01. The maximum Gasteiger partial charge on any atom is 0.251 e. The number of nitrogens with two attached hydrogens (primary N) is 1. The van der Waals surface area contributed by atoms with Crippen molar-refractivity contribution in [2.45, 2.75) is 13.5 Å². The fourth-order valence-corrected chi connectivity index (χ4v) is 2.40. The number of nitrogen functional groups attached to an aromatic ring is 1. The third kappa shape index (κ3) is 3.23. The number of carbonyl (C=O) groups excluding carboxylic acids is 1. The van der Waals surface area contributed by atoms with Gasteiger partial charge in [0.05, 0.1) is 22.9 Å². The molecule has 0 fully saturated rings. The van der Waals surface area contributed by atoms with E-state index in [9.17, 15) is 4.79 Å². The van der Waals surface area contributed by atoms with E-state index in [1.54, 1.807) is 36.6 Å². The van der Waals surface area contributed by atoms with Crippen molar-refractivity contribution < 1.29 is 4.79 Å². The maximum absolute atomic E-state index is 11.6. The first kappa shape index (κ1) is 13.4. The molecule has 0 aliphatic carbocycles. The largest absolute Gasteiger partial charge is 0.397 e. The Morgan fingerprint density at radius 3 is 2.89 bits per heavy atom. The van der Waals surface area contributed by atoms with Gasteiger partial charge in [-0.1, -0.05) is 0 Å². The summed E-state index contributed by atoms with van der Waals surface area (Å²) in [6, 6.07) is 5.18. The van der Waals surface area contributed by atoms with Crippen LogP contribution in [0.15, 0.2) is 24.4 Å². The number of anilines is 2. The second-order valence-electron chi connectivity index (χ2n) is 4.08. The zero-order valence-electron chi connectivity index (χ0n) is 10.9. The van der Waals surface area contributed by atoms with E-state index in [1.165, 1.54) is 0 Å². The number of nitrogens with zero attached hydrogens (tertiary/aromatic N) is 1. The van der Waals surface area contributed by atoms with Crippen molar-refractivity contribution >= 4 is 28.6 Å². The van der Waals surface area contributed by atoms with E-state index in [2.05, 4.69) is 15.6 Å². The second-order valence-corrected chi connectivity index (χ2v) is 5.40. The number of aromatic nitrogens is 1. The average molecular weight is 276 g/mol. The Bertz CT molecular complexity index is 594. The number of amides is 1. The van der Waals surface area contributed by atoms with Gasteiger partial charge in [-0.25, -0.2) is 4.98 Å². The van der Waals surface area contributed by atoms with E-state index in [-0.39, 0.29) is 5.91 Å². The molecule has 0 bridgehead atoms. The molecular formula is C13H16N4OS. The van der Waals surface area contributed by atoms with Crippen molar-refractivity contribution in [1.82, 2.24) is 10.3 Å². The van der Waals surface area contributed by atoms with E-state index in [0.717, 1.165) is 15.6 Å². The molecule has 0 unspecified atom stereocenters. The summed E-state index contributed by atoms with van der Waals surface area (Å²) in [5.41, 5.74) is 7.85. The Morgan fingerprint density at radius 2 is 2.26 bits per heavy atom. The zero-order chi connectivity index (χ0) is 13.8. The number of benzene rings is 1. The Balaban J connectivity index is 2.12. The molecule has 1 heterocycles. The fourth-order valence-electron chi connectivity index (χ4n) is 1.66. The summed E-state index contributed by atoms with van der Waals surface area (Å²) in [5.74, 6) is -0.128. The highest BCUT2D eigenvalue weighted by molar-refractivity contribution is 7.11. The van der Waals surface area contributed by atoms with E-state index in [0.29, 0.717) is 17.8 Å². The van der Waals surface area contributed by atoms with Crippen LogP contribution in [0.5, 0.6) is 0 Å². The van der Waals surface area contributed by atoms with E-state index in [4.69, 9.17) is 5.73 Å². The number of rotatable bonds is 4. The number of hydrogen-bond acceptors (Lipinski definition) is 5. The molecule has 19 heavy (non-hydrogen) atoms. The third-order valence-electron chi connectivity index (χ3n) is 2.66. The normalized spacial score (nSPS) is 10.2. The molecule has 0 atom stereocenters. The quantitative estimate of drug-likeness (QED) is 0.746. The van der Waals surface area contributed by atoms with Crippen molar-refractivity contribution in [3.8, 4) is 0 Å². The van der Waals surface area contributed by atoms with E-state index >= 15 is 0 Å². The molecule has 5 nitrogen and oxygen atoms in total. The summed E-state index contributed by atoms with van der Waals surface area (Å²) < 4.78 is 0. The molecule has 1 amide bonds. The SMILES string of the molecule is CNC(=O)c1ccc(N)c(NCc2cnc(C)s2)c1. The standard InChI is InChI=1S/C13H16N4OS/c1-8-16-6-10(19-8)7-17-12-5-9(13(18)15-2)3-4-11(12)14/h3-6,17H,7,14H2,1-2H3,(H,15,18). The van der Waals surface area contributed by atoms with Gasteiger partial charge in [0.15, 0.2) is 0 Å². The minimum Gasteiger partial charge on any atom is -0.397 e. The monoisotopic (exact) mass is 276 g/mol. The van der Waals surface area contributed by atoms with Gasteiger partial charge >= 0.3 is 0 Å². The van der Waals surface area contributed by atoms with Crippen molar-refractivity contribution in [1.29, 1.82) is 0 Å². The molecule has 1 aromatic carbocycles. The lowest BCUT2D eigenvalue weighted by atomic mass is 10.1. The molecule has 0 aliphatic rings. The van der Waals surface area contributed by atoms with E-state index in [1.807, 2.05) is 13.1 Å². The van der Waals surface area contributed by atoms with Gasteiger partial charge in [-0.15, -0.1) is 11.3 Å². The van der Waals surface area contributed by atoms with Crippen LogP contribution >= 0.6 is 11.3 Å². The number of aryl methyl sites for hydroxylation is 1. The third-order valence-corrected chi connectivity index (χ3v) is 3.58. The molecular weight excluding hydrogens is 260 g/mol. The molecule has 0 spiro atoms. The maximum atomic E-state index is 11.6. The molecule has 2 rings (SSSR count). The van der Waals surface area contributed by atoms with Gasteiger partial charge in [-0.2, -0.15) is 0 Å². The fraction of sp³-hybridized carbons (Fsp3) is 0.231. The van der Waals surface area contributed by atoms with Crippen LogP contribution in [0.4, 0.5) is 11.4 Å². The highest BCUT2D eigenvalue weighted by atomic mass is 32.1. The van der Waals surface area contributed by atoms with Gasteiger partial charge in [-0.3, -0.25) is 4.79 Å². The molecule has 1 aromatic heterocycles. The summed E-state index contributed by atoms with van der Waals surface area (Å²) in [5, 5.41) is 6.85. The Hall–Kier alpha value is -2.08. The molecule has 6 heteroatoms.